The molecule has 0 unspecified atom stereocenters. The van der Waals surface area contributed by atoms with E-state index in [9.17, 15) is 0 Å². The van der Waals surface area contributed by atoms with E-state index in [1.807, 2.05) is 0 Å². The van der Waals surface area contributed by atoms with Crippen LogP contribution in [-0.4, -0.2) is 5.54 Å². The first-order valence-electron chi connectivity index (χ1n) is 5.82. The monoisotopic (exact) mass is 241 g/mol. The largest absolute Gasteiger partial charge is 0.375 e. The van der Waals surface area contributed by atoms with Crippen LogP contribution in [0.5, 0.6) is 0 Å². The molecular formula is C15H15NS. The number of benzene rings is 1. The molecule has 86 valence electrons. The van der Waals surface area contributed by atoms with Gasteiger partial charge in [0.1, 0.15) is 0 Å². The Labute approximate surface area is 106 Å². The van der Waals surface area contributed by atoms with Crippen LogP contribution in [0, 0.1) is 0 Å². The predicted molar refractivity (Wildman–Crippen MR) is 74.7 cm³/mol. The summed E-state index contributed by atoms with van der Waals surface area (Å²) in [6.45, 7) is 4.02. The van der Waals surface area contributed by atoms with Gasteiger partial charge in [-0.2, -0.15) is 11.3 Å². The maximum atomic E-state index is 4.02. The van der Waals surface area contributed by atoms with Crippen molar-refractivity contribution in [2.24, 2.45) is 0 Å². The molecule has 1 atom stereocenters. The van der Waals surface area contributed by atoms with Crippen LogP contribution in [0.4, 0.5) is 5.69 Å². The van der Waals surface area contributed by atoms with Crippen molar-refractivity contribution in [1.82, 2.24) is 0 Å². The Morgan fingerprint density at radius 3 is 2.94 bits per heavy atom. The Morgan fingerprint density at radius 1 is 1.35 bits per heavy atom. The minimum atomic E-state index is -0.00917. The van der Waals surface area contributed by atoms with E-state index in [1.54, 1.807) is 11.3 Å². The van der Waals surface area contributed by atoms with Gasteiger partial charge < -0.3 is 5.32 Å². The third-order valence-corrected chi connectivity index (χ3v) is 4.13. The molecule has 2 heterocycles. The molecule has 1 N–H and O–H groups in total. The second kappa shape index (κ2) is 4.04. The quantitative estimate of drug-likeness (QED) is 0.804. The summed E-state index contributed by atoms with van der Waals surface area (Å²) in [5.41, 5.74) is 4.02. The molecule has 0 saturated carbocycles. The first kappa shape index (κ1) is 10.6. The molecule has 2 aromatic rings. The minimum Gasteiger partial charge on any atom is -0.375 e. The fraction of sp³-hybridized carbons (Fsp3) is 0.200. The number of thiophene rings is 1. The van der Waals surface area contributed by atoms with Crippen molar-refractivity contribution in [1.29, 1.82) is 0 Å². The third-order valence-electron chi connectivity index (χ3n) is 3.40. The molecular weight excluding hydrogens is 226 g/mol. The Kier molecular flexibility index (Phi) is 2.52. The zero-order chi connectivity index (χ0) is 11.7. The SMILES string of the molecule is C=C[C@]1(Cc2ccsc2)Cc2ccccc2N1. The second-order valence-electron chi connectivity index (χ2n) is 4.63. The highest BCUT2D eigenvalue weighted by Crippen LogP contribution is 2.35. The number of nitrogens with one attached hydrogen (secondary N) is 1. The van der Waals surface area contributed by atoms with Crippen molar-refractivity contribution in [3.8, 4) is 0 Å². The lowest BCUT2D eigenvalue weighted by molar-refractivity contribution is 0.597. The van der Waals surface area contributed by atoms with E-state index >= 15 is 0 Å². The van der Waals surface area contributed by atoms with Crippen molar-refractivity contribution in [2.45, 2.75) is 18.4 Å². The smallest absolute Gasteiger partial charge is 0.0635 e. The molecule has 1 aromatic heterocycles. The van der Waals surface area contributed by atoms with Crippen LogP contribution >= 0.6 is 11.3 Å². The molecule has 0 spiro atoms. The predicted octanol–water partition coefficient (Wildman–Crippen LogP) is 3.88. The number of anilines is 1. The van der Waals surface area contributed by atoms with Crippen LogP contribution in [0.15, 0.2) is 53.7 Å². The van der Waals surface area contributed by atoms with Gasteiger partial charge >= 0.3 is 0 Å². The van der Waals surface area contributed by atoms with Crippen molar-refractivity contribution in [2.75, 3.05) is 5.32 Å². The molecule has 0 saturated heterocycles. The molecule has 2 heteroatoms. The van der Waals surface area contributed by atoms with E-state index in [0.717, 1.165) is 12.8 Å². The second-order valence-corrected chi connectivity index (χ2v) is 5.41. The highest BCUT2D eigenvalue weighted by atomic mass is 32.1. The maximum Gasteiger partial charge on any atom is 0.0635 e. The van der Waals surface area contributed by atoms with E-state index in [0.29, 0.717) is 0 Å². The van der Waals surface area contributed by atoms with Crippen LogP contribution < -0.4 is 5.32 Å². The molecule has 0 amide bonds. The number of hydrogen-bond donors (Lipinski definition) is 1. The summed E-state index contributed by atoms with van der Waals surface area (Å²) in [6, 6.07) is 10.7. The number of rotatable bonds is 3. The van der Waals surface area contributed by atoms with E-state index in [4.69, 9.17) is 0 Å². The summed E-state index contributed by atoms with van der Waals surface area (Å²) >= 11 is 1.75. The Morgan fingerprint density at radius 2 is 2.24 bits per heavy atom. The Bertz CT molecular complexity index is 497. The average Bonchev–Trinajstić information content (AvgIpc) is 2.96. The van der Waals surface area contributed by atoms with Gasteiger partial charge in [0, 0.05) is 18.5 Å². The summed E-state index contributed by atoms with van der Waals surface area (Å²) < 4.78 is 0. The lowest BCUT2D eigenvalue weighted by Crippen LogP contribution is -2.35. The van der Waals surface area contributed by atoms with Gasteiger partial charge in [-0.3, -0.25) is 0 Å². The molecule has 0 radical (unpaired) electrons. The van der Waals surface area contributed by atoms with Crippen LogP contribution in [0.2, 0.25) is 0 Å². The summed E-state index contributed by atoms with van der Waals surface area (Å²) in [7, 11) is 0. The van der Waals surface area contributed by atoms with E-state index in [-0.39, 0.29) is 5.54 Å². The first-order valence-corrected chi connectivity index (χ1v) is 6.76. The molecule has 1 nitrogen and oxygen atoms in total. The molecule has 1 aliphatic rings. The number of fused-ring (bicyclic) bond motifs is 1. The fourth-order valence-electron chi connectivity index (χ4n) is 2.51. The summed E-state index contributed by atoms with van der Waals surface area (Å²) in [6.07, 6.45) is 4.10. The van der Waals surface area contributed by atoms with Gasteiger partial charge in [0.25, 0.3) is 0 Å². The topological polar surface area (TPSA) is 12.0 Å². The van der Waals surface area contributed by atoms with Crippen LogP contribution in [0.25, 0.3) is 0 Å². The third kappa shape index (κ3) is 1.89. The molecule has 1 aromatic carbocycles. The fourth-order valence-corrected chi connectivity index (χ4v) is 3.18. The van der Waals surface area contributed by atoms with E-state index in [2.05, 4.69) is 59.1 Å². The number of hydrogen-bond acceptors (Lipinski definition) is 2. The standard InChI is InChI=1S/C15H15NS/c1-2-15(9-12-7-8-17-11-12)10-13-5-3-4-6-14(13)16-15/h2-8,11,16H,1,9-10H2/t15-/m0/s1. The maximum absolute atomic E-state index is 4.02. The molecule has 3 rings (SSSR count). The van der Waals surface area contributed by atoms with Crippen molar-refractivity contribution >= 4 is 17.0 Å². The lowest BCUT2D eigenvalue weighted by atomic mass is 9.89. The lowest BCUT2D eigenvalue weighted by Gasteiger charge is -2.26. The summed E-state index contributed by atoms with van der Waals surface area (Å²) in [4.78, 5) is 0. The number of para-hydroxylation sites is 1. The zero-order valence-electron chi connectivity index (χ0n) is 9.65. The van der Waals surface area contributed by atoms with Gasteiger partial charge in [-0.1, -0.05) is 24.3 Å². The van der Waals surface area contributed by atoms with E-state index < -0.39 is 0 Å². The van der Waals surface area contributed by atoms with Crippen LogP contribution in [-0.2, 0) is 12.8 Å². The van der Waals surface area contributed by atoms with Gasteiger partial charge in [-0.15, -0.1) is 6.58 Å². The Hall–Kier alpha value is -1.54. The normalized spacial score (nSPS) is 21.9. The van der Waals surface area contributed by atoms with Crippen molar-refractivity contribution in [3.63, 3.8) is 0 Å². The molecule has 0 bridgehead atoms. The molecule has 0 fully saturated rings. The van der Waals surface area contributed by atoms with Crippen LogP contribution in [0.1, 0.15) is 11.1 Å². The molecule has 0 aliphatic carbocycles. The average molecular weight is 241 g/mol. The minimum absolute atomic E-state index is 0.00917. The zero-order valence-corrected chi connectivity index (χ0v) is 10.5. The van der Waals surface area contributed by atoms with Gasteiger partial charge in [0.15, 0.2) is 0 Å². The Balaban J connectivity index is 1.89. The summed E-state index contributed by atoms with van der Waals surface area (Å²) in [5, 5.41) is 7.97. The van der Waals surface area contributed by atoms with Crippen molar-refractivity contribution < 1.29 is 0 Å². The van der Waals surface area contributed by atoms with E-state index in [1.165, 1.54) is 16.8 Å². The van der Waals surface area contributed by atoms with Gasteiger partial charge in [0.2, 0.25) is 0 Å². The highest BCUT2D eigenvalue weighted by Gasteiger charge is 2.33. The van der Waals surface area contributed by atoms with Gasteiger partial charge in [-0.25, -0.2) is 0 Å². The highest BCUT2D eigenvalue weighted by molar-refractivity contribution is 7.07. The summed E-state index contributed by atoms with van der Waals surface area (Å²) in [5.74, 6) is 0. The molecule has 17 heavy (non-hydrogen) atoms. The first-order chi connectivity index (χ1) is 8.31. The van der Waals surface area contributed by atoms with Crippen LogP contribution in [0.3, 0.4) is 0 Å². The van der Waals surface area contributed by atoms with Gasteiger partial charge in [0.05, 0.1) is 5.54 Å². The van der Waals surface area contributed by atoms with Crippen molar-refractivity contribution in [3.05, 3.63) is 64.9 Å². The van der Waals surface area contributed by atoms with Gasteiger partial charge in [-0.05, 0) is 34.0 Å². The molecule has 1 aliphatic heterocycles.